The highest BCUT2D eigenvalue weighted by molar-refractivity contribution is 6.76. The van der Waals surface area contributed by atoms with Crippen molar-refractivity contribution >= 4 is 16.9 Å². The van der Waals surface area contributed by atoms with Crippen LogP contribution in [0.25, 0.3) is 0 Å². The van der Waals surface area contributed by atoms with Crippen LogP contribution in [0.3, 0.4) is 0 Å². The molecule has 0 aliphatic rings. The zero-order chi connectivity index (χ0) is 8.20. The first-order valence-corrected chi connectivity index (χ1v) is 10.6. The summed E-state index contributed by atoms with van der Waals surface area (Å²) in [7, 11) is -0.642. The summed E-state index contributed by atoms with van der Waals surface area (Å²) < 4.78 is 0. The molecule has 0 saturated carbocycles. The van der Waals surface area contributed by atoms with Gasteiger partial charge in [-0.05, 0) is 0 Å². The van der Waals surface area contributed by atoms with Crippen LogP contribution in [0.5, 0.6) is 0 Å². The Labute approximate surface area is 68.7 Å². The fourth-order valence-corrected chi connectivity index (χ4v) is 3.45. The molecule has 0 amide bonds. The minimum Gasteiger partial charge on any atom is -0.0713 e. The standard InChI is InChI=1S/C8H21Si2/c1-9(2)7-6-8-10(3,4)5/h6-8H2,1-5H3. The molecule has 0 rings (SSSR count). The monoisotopic (exact) mass is 173 g/mol. The molecule has 0 N–H and O–H groups in total. The van der Waals surface area contributed by atoms with E-state index in [0.717, 1.165) is 0 Å². The third-order valence-corrected chi connectivity index (χ3v) is 4.81. The van der Waals surface area contributed by atoms with Crippen molar-refractivity contribution in [2.24, 2.45) is 0 Å². The molecule has 61 valence electrons. The van der Waals surface area contributed by atoms with Gasteiger partial charge in [0.2, 0.25) is 0 Å². The molecule has 0 bridgehead atoms. The molecule has 0 fully saturated rings. The maximum absolute atomic E-state index is 2.46. The first-order valence-electron chi connectivity index (χ1n) is 4.21. The van der Waals surface area contributed by atoms with Crippen LogP contribution in [-0.4, -0.2) is 16.9 Å². The molecule has 0 heterocycles. The Morgan fingerprint density at radius 2 is 1.60 bits per heavy atom. The molecule has 1 radical (unpaired) electrons. The van der Waals surface area contributed by atoms with E-state index < -0.39 is 8.07 Å². The van der Waals surface area contributed by atoms with Gasteiger partial charge in [0.25, 0.3) is 0 Å². The smallest absolute Gasteiger partial charge is 0.0442 e. The molecule has 0 atom stereocenters. The largest absolute Gasteiger partial charge is 0.0713 e. The van der Waals surface area contributed by atoms with Crippen LogP contribution < -0.4 is 0 Å². The van der Waals surface area contributed by atoms with Gasteiger partial charge in [-0.3, -0.25) is 0 Å². The van der Waals surface area contributed by atoms with Gasteiger partial charge in [-0.2, -0.15) is 0 Å². The highest BCUT2D eigenvalue weighted by Gasteiger charge is 2.11. The fraction of sp³-hybridized carbons (Fsp3) is 1.00. The van der Waals surface area contributed by atoms with Crippen LogP contribution in [-0.2, 0) is 0 Å². The van der Waals surface area contributed by atoms with Crippen molar-refractivity contribution in [3.8, 4) is 0 Å². The topological polar surface area (TPSA) is 0 Å². The van der Waals surface area contributed by atoms with E-state index >= 15 is 0 Å². The second-order valence-corrected chi connectivity index (χ2v) is 13.2. The molecular weight excluding hydrogens is 152 g/mol. The summed E-state index contributed by atoms with van der Waals surface area (Å²) in [5.41, 5.74) is 0. The second kappa shape index (κ2) is 4.34. The number of hydrogen-bond donors (Lipinski definition) is 0. The summed E-state index contributed by atoms with van der Waals surface area (Å²) in [6.07, 6.45) is 1.50. The molecule has 0 nitrogen and oxygen atoms in total. The van der Waals surface area contributed by atoms with Gasteiger partial charge < -0.3 is 0 Å². The normalized spacial score (nSPS) is 12.6. The van der Waals surface area contributed by atoms with E-state index in [4.69, 9.17) is 0 Å². The highest BCUT2D eigenvalue weighted by Crippen LogP contribution is 2.13. The van der Waals surface area contributed by atoms with Crippen molar-refractivity contribution in [3.63, 3.8) is 0 Å². The van der Waals surface area contributed by atoms with Gasteiger partial charge in [-0.25, -0.2) is 0 Å². The summed E-state index contributed by atoms with van der Waals surface area (Å²) in [5, 5.41) is 0. The molecule has 0 unspecified atom stereocenters. The highest BCUT2D eigenvalue weighted by atomic mass is 28.3. The van der Waals surface area contributed by atoms with Crippen LogP contribution in [0.2, 0.25) is 44.8 Å². The van der Waals surface area contributed by atoms with Gasteiger partial charge >= 0.3 is 0 Å². The Bertz CT molecular complexity index is 81.7. The van der Waals surface area contributed by atoms with Gasteiger partial charge in [-0.15, -0.1) is 0 Å². The lowest BCUT2D eigenvalue weighted by Crippen LogP contribution is -2.19. The van der Waals surface area contributed by atoms with E-state index in [1.807, 2.05) is 0 Å². The van der Waals surface area contributed by atoms with E-state index in [9.17, 15) is 0 Å². The lowest BCUT2D eigenvalue weighted by atomic mass is 10.6. The van der Waals surface area contributed by atoms with E-state index in [2.05, 4.69) is 32.7 Å². The Morgan fingerprint density at radius 1 is 1.10 bits per heavy atom. The third-order valence-electron chi connectivity index (χ3n) is 1.60. The molecule has 2 heteroatoms. The minimum atomic E-state index is -0.708. The summed E-state index contributed by atoms with van der Waals surface area (Å²) in [5.74, 6) is 0. The van der Waals surface area contributed by atoms with Gasteiger partial charge in [0.1, 0.15) is 0 Å². The van der Waals surface area contributed by atoms with E-state index in [-0.39, 0.29) is 8.80 Å². The van der Waals surface area contributed by atoms with Gasteiger partial charge in [0.05, 0.1) is 0 Å². The number of rotatable bonds is 4. The molecule has 0 aromatic rings. The lowest BCUT2D eigenvalue weighted by Gasteiger charge is -2.15. The molecule has 0 aromatic carbocycles. The Morgan fingerprint density at radius 3 is 1.90 bits per heavy atom. The lowest BCUT2D eigenvalue weighted by molar-refractivity contribution is 1.03. The summed E-state index contributed by atoms with van der Waals surface area (Å²) in [6, 6.07) is 3.05. The Balaban J connectivity index is 3.21. The fourth-order valence-electron chi connectivity index (χ4n) is 0.972. The summed E-state index contributed by atoms with van der Waals surface area (Å²) in [6.45, 7) is 12.2. The quantitative estimate of drug-likeness (QED) is 0.571. The van der Waals surface area contributed by atoms with E-state index in [1.54, 1.807) is 0 Å². The Kier molecular flexibility index (Phi) is 4.53. The maximum atomic E-state index is 2.46. The third kappa shape index (κ3) is 8.43. The second-order valence-electron chi connectivity index (χ2n) is 4.62. The molecule has 10 heavy (non-hydrogen) atoms. The minimum absolute atomic E-state index is 0.0655. The van der Waals surface area contributed by atoms with Crippen molar-refractivity contribution in [3.05, 3.63) is 0 Å². The molecular formula is C8H21Si2. The van der Waals surface area contributed by atoms with Crippen LogP contribution in [0.15, 0.2) is 0 Å². The van der Waals surface area contributed by atoms with Crippen molar-refractivity contribution in [2.75, 3.05) is 0 Å². The first-order chi connectivity index (χ1) is 4.42. The average molecular weight is 173 g/mol. The molecule has 0 aliphatic heterocycles. The molecule has 0 saturated heterocycles. The van der Waals surface area contributed by atoms with Crippen LogP contribution in [0.1, 0.15) is 6.42 Å². The summed E-state index contributed by atoms with van der Waals surface area (Å²) in [4.78, 5) is 0. The molecule has 0 aromatic heterocycles. The Hall–Kier alpha value is 0.434. The molecule has 0 spiro atoms. The first kappa shape index (κ1) is 10.4. The molecule has 0 aliphatic carbocycles. The maximum Gasteiger partial charge on any atom is 0.0442 e. The zero-order valence-electron chi connectivity index (χ0n) is 8.12. The zero-order valence-corrected chi connectivity index (χ0v) is 10.1. The van der Waals surface area contributed by atoms with Gasteiger partial charge in [-0.1, -0.05) is 51.2 Å². The van der Waals surface area contributed by atoms with E-state index in [0.29, 0.717) is 0 Å². The van der Waals surface area contributed by atoms with Gasteiger partial charge in [0.15, 0.2) is 0 Å². The predicted molar refractivity (Wildman–Crippen MR) is 55.1 cm³/mol. The van der Waals surface area contributed by atoms with E-state index in [1.165, 1.54) is 18.5 Å². The van der Waals surface area contributed by atoms with Crippen molar-refractivity contribution in [1.29, 1.82) is 0 Å². The average Bonchev–Trinajstić information content (AvgIpc) is 1.59. The van der Waals surface area contributed by atoms with Crippen LogP contribution in [0, 0.1) is 0 Å². The van der Waals surface area contributed by atoms with Gasteiger partial charge in [0, 0.05) is 16.9 Å². The van der Waals surface area contributed by atoms with Crippen molar-refractivity contribution in [2.45, 2.75) is 51.2 Å². The SMILES string of the molecule is C[Si](C)CCC[Si](C)(C)C. The van der Waals surface area contributed by atoms with Crippen molar-refractivity contribution < 1.29 is 0 Å². The summed E-state index contributed by atoms with van der Waals surface area (Å²) >= 11 is 0. The predicted octanol–water partition coefficient (Wildman–Crippen LogP) is 3.47. The van der Waals surface area contributed by atoms with Crippen LogP contribution in [0.4, 0.5) is 0 Å². The van der Waals surface area contributed by atoms with Crippen molar-refractivity contribution in [1.82, 2.24) is 0 Å². The van der Waals surface area contributed by atoms with Crippen LogP contribution >= 0.6 is 0 Å². The number of hydrogen-bond acceptors (Lipinski definition) is 0.